The van der Waals surface area contributed by atoms with Crippen LogP contribution in [0.2, 0.25) is 0 Å². The molecule has 0 atom stereocenters. The molecule has 0 bridgehead atoms. The fraction of sp³-hybridized carbons (Fsp3) is 0.200. The molecule has 3 rings (SSSR count). The van der Waals surface area contributed by atoms with E-state index in [9.17, 15) is 9.59 Å². The van der Waals surface area contributed by atoms with Crippen LogP contribution in [0.4, 0.5) is 0 Å². The van der Waals surface area contributed by atoms with Crippen molar-refractivity contribution in [3.8, 4) is 5.75 Å². The Kier molecular flexibility index (Phi) is 4.84. The number of esters is 1. The molecule has 0 unspecified atom stereocenters. The summed E-state index contributed by atoms with van der Waals surface area (Å²) in [6, 6.07) is 13.0. The summed E-state index contributed by atoms with van der Waals surface area (Å²) in [5.74, 6) is 0.373. The summed E-state index contributed by atoms with van der Waals surface area (Å²) in [7, 11) is 1.60. The fourth-order valence-corrected chi connectivity index (χ4v) is 2.86. The molecule has 0 saturated heterocycles. The minimum atomic E-state index is -0.333. The maximum atomic E-state index is 11.9. The highest BCUT2D eigenvalue weighted by Gasteiger charge is 2.11. The molecule has 0 aliphatic rings. The van der Waals surface area contributed by atoms with Crippen LogP contribution in [-0.4, -0.2) is 30.5 Å². The lowest BCUT2D eigenvalue weighted by molar-refractivity contribution is 0.0526. The summed E-state index contributed by atoms with van der Waals surface area (Å²) in [6.07, 6.45) is 2.65. The molecule has 0 aliphatic carbocycles. The van der Waals surface area contributed by atoms with Gasteiger partial charge in [-0.15, -0.1) is 0 Å². The van der Waals surface area contributed by atoms with Crippen LogP contribution in [-0.2, 0) is 11.3 Å². The summed E-state index contributed by atoms with van der Waals surface area (Å²) in [5.41, 5.74) is 3.02. The fourth-order valence-electron chi connectivity index (χ4n) is 2.86. The van der Waals surface area contributed by atoms with Crippen molar-refractivity contribution in [2.24, 2.45) is 0 Å². The van der Waals surface area contributed by atoms with Crippen LogP contribution in [0.15, 0.2) is 48.7 Å². The van der Waals surface area contributed by atoms with E-state index in [0.717, 1.165) is 22.8 Å². The van der Waals surface area contributed by atoms with Gasteiger partial charge in [0.25, 0.3) is 0 Å². The summed E-state index contributed by atoms with van der Waals surface area (Å²) in [4.78, 5) is 23.3. The van der Waals surface area contributed by atoms with Crippen molar-refractivity contribution in [1.82, 2.24) is 4.57 Å². The van der Waals surface area contributed by atoms with Crippen molar-refractivity contribution in [3.05, 3.63) is 65.4 Å². The number of hydrogen-bond donors (Lipinski definition) is 0. The van der Waals surface area contributed by atoms with E-state index in [-0.39, 0.29) is 5.97 Å². The van der Waals surface area contributed by atoms with Gasteiger partial charge in [0, 0.05) is 29.2 Å². The normalized spacial score (nSPS) is 10.6. The molecule has 2 aromatic carbocycles. The summed E-state index contributed by atoms with van der Waals surface area (Å²) >= 11 is 0. The molecular weight excluding hydrogens is 318 g/mol. The predicted octanol–water partition coefficient (Wildman–Crippen LogP) is 3.69. The third-order valence-corrected chi connectivity index (χ3v) is 4.04. The molecule has 25 heavy (non-hydrogen) atoms. The van der Waals surface area contributed by atoms with Crippen molar-refractivity contribution in [2.75, 3.05) is 13.7 Å². The Bertz CT molecular complexity index is 927. The topological polar surface area (TPSA) is 57.5 Å². The Balaban J connectivity index is 1.97. The number of ether oxygens (including phenoxy) is 2. The van der Waals surface area contributed by atoms with E-state index in [1.165, 1.54) is 0 Å². The molecule has 0 spiro atoms. The number of carbonyl (C=O) groups is 2. The molecule has 5 heteroatoms. The summed E-state index contributed by atoms with van der Waals surface area (Å²) in [6.45, 7) is 2.67. The van der Waals surface area contributed by atoms with Gasteiger partial charge in [-0.2, -0.15) is 0 Å². The van der Waals surface area contributed by atoms with Crippen LogP contribution >= 0.6 is 0 Å². The molecule has 3 aromatic rings. The second-order valence-corrected chi connectivity index (χ2v) is 5.63. The molecule has 5 nitrogen and oxygen atoms in total. The SMILES string of the molecule is CCOC(=O)c1cccc(Cn2cc(C=O)c3cc(OC)ccc32)c1. The lowest BCUT2D eigenvalue weighted by Crippen LogP contribution is -2.06. The zero-order valence-electron chi connectivity index (χ0n) is 14.2. The Morgan fingerprint density at radius 2 is 2.04 bits per heavy atom. The third-order valence-electron chi connectivity index (χ3n) is 4.04. The number of hydrogen-bond acceptors (Lipinski definition) is 4. The third kappa shape index (κ3) is 3.40. The van der Waals surface area contributed by atoms with Crippen molar-refractivity contribution in [2.45, 2.75) is 13.5 Å². The zero-order chi connectivity index (χ0) is 17.8. The molecule has 0 radical (unpaired) electrons. The van der Waals surface area contributed by atoms with E-state index in [1.54, 1.807) is 20.1 Å². The second kappa shape index (κ2) is 7.21. The number of nitrogens with zero attached hydrogens (tertiary/aromatic N) is 1. The molecule has 0 fully saturated rings. The Morgan fingerprint density at radius 1 is 1.20 bits per heavy atom. The summed E-state index contributed by atoms with van der Waals surface area (Å²) < 4.78 is 12.3. The van der Waals surface area contributed by atoms with Crippen molar-refractivity contribution >= 4 is 23.2 Å². The first-order chi connectivity index (χ1) is 12.2. The molecular formula is C20H19NO4. The molecule has 1 aromatic heterocycles. The molecule has 0 aliphatic heterocycles. The number of aldehydes is 1. The Hall–Kier alpha value is -3.08. The lowest BCUT2D eigenvalue weighted by atomic mass is 10.1. The van der Waals surface area contributed by atoms with E-state index < -0.39 is 0 Å². The lowest BCUT2D eigenvalue weighted by Gasteiger charge is -2.08. The van der Waals surface area contributed by atoms with E-state index in [1.807, 2.05) is 47.2 Å². The van der Waals surface area contributed by atoms with Gasteiger partial charge in [0.15, 0.2) is 6.29 Å². The van der Waals surface area contributed by atoms with Crippen LogP contribution in [0.3, 0.4) is 0 Å². The van der Waals surface area contributed by atoms with Gasteiger partial charge < -0.3 is 14.0 Å². The first-order valence-electron chi connectivity index (χ1n) is 8.04. The van der Waals surface area contributed by atoms with Crippen LogP contribution in [0.25, 0.3) is 10.9 Å². The van der Waals surface area contributed by atoms with E-state index >= 15 is 0 Å². The maximum absolute atomic E-state index is 11.9. The van der Waals surface area contributed by atoms with Crippen LogP contribution in [0.1, 0.15) is 33.2 Å². The molecule has 0 N–H and O–H groups in total. The predicted molar refractivity (Wildman–Crippen MR) is 95.4 cm³/mol. The van der Waals surface area contributed by atoms with Gasteiger partial charge in [0.2, 0.25) is 0 Å². The van der Waals surface area contributed by atoms with Gasteiger partial charge >= 0.3 is 5.97 Å². The first kappa shape index (κ1) is 16.8. The van der Waals surface area contributed by atoms with Crippen LogP contribution < -0.4 is 4.74 Å². The number of carbonyl (C=O) groups excluding carboxylic acids is 2. The largest absolute Gasteiger partial charge is 0.497 e. The summed E-state index contributed by atoms with van der Waals surface area (Å²) in [5, 5.41) is 0.843. The van der Waals surface area contributed by atoms with E-state index in [4.69, 9.17) is 9.47 Å². The second-order valence-electron chi connectivity index (χ2n) is 5.63. The van der Waals surface area contributed by atoms with E-state index in [2.05, 4.69) is 0 Å². The molecule has 128 valence electrons. The van der Waals surface area contributed by atoms with Crippen molar-refractivity contribution < 1.29 is 19.1 Å². The first-order valence-corrected chi connectivity index (χ1v) is 8.04. The smallest absolute Gasteiger partial charge is 0.338 e. The van der Waals surface area contributed by atoms with Gasteiger partial charge in [-0.25, -0.2) is 4.79 Å². The minimum absolute atomic E-state index is 0.333. The van der Waals surface area contributed by atoms with Gasteiger partial charge in [-0.3, -0.25) is 4.79 Å². The van der Waals surface area contributed by atoms with Crippen molar-refractivity contribution in [1.29, 1.82) is 0 Å². The van der Waals surface area contributed by atoms with Crippen LogP contribution in [0, 0.1) is 0 Å². The highest BCUT2D eigenvalue weighted by Crippen LogP contribution is 2.26. The number of fused-ring (bicyclic) bond motifs is 1. The number of rotatable bonds is 6. The standard InChI is InChI=1S/C20H19NO4/c1-3-25-20(23)15-6-4-5-14(9-15)11-21-12-16(13-22)18-10-17(24-2)7-8-19(18)21/h4-10,12-13H,3,11H2,1-2H3. The molecule has 0 saturated carbocycles. The maximum Gasteiger partial charge on any atom is 0.338 e. The number of aromatic nitrogens is 1. The van der Waals surface area contributed by atoms with Gasteiger partial charge in [0.05, 0.1) is 19.3 Å². The highest BCUT2D eigenvalue weighted by molar-refractivity contribution is 5.98. The molecule has 0 amide bonds. The minimum Gasteiger partial charge on any atom is -0.497 e. The van der Waals surface area contributed by atoms with Crippen LogP contribution in [0.5, 0.6) is 5.75 Å². The zero-order valence-corrected chi connectivity index (χ0v) is 14.2. The monoisotopic (exact) mass is 337 g/mol. The molecule has 1 heterocycles. The average molecular weight is 337 g/mol. The van der Waals surface area contributed by atoms with E-state index in [0.29, 0.717) is 30.0 Å². The van der Waals surface area contributed by atoms with Gasteiger partial charge in [-0.1, -0.05) is 12.1 Å². The van der Waals surface area contributed by atoms with Crippen molar-refractivity contribution in [3.63, 3.8) is 0 Å². The number of methoxy groups -OCH3 is 1. The highest BCUT2D eigenvalue weighted by atomic mass is 16.5. The number of benzene rings is 2. The quantitative estimate of drug-likeness (QED) is 0.508. The average Bonchev–Trinajstić information content (AvgIpc) is 2.99. The Morgan fingerprint density at radius 3 is 2.76 bits per heavy atom. The van der Waals surface area contributed by atoms with Gasteiger partial charge in [-0.05, 0) is 42.8 Å². The van der Waals surface area contributed by atoms with Gasteiger partial charge in [0.1, 0.15) is 5.75 Å². The Labute approximate surface area is 145 Å².